The number of benzene rings is 1. The average molecular weight is 337 g/mol. The van der Waals surface area contributed by atoms with Crippen molar-refractivity contribution < 1.29 is 18.5 Å². The highest BCUT2D eigenvalue weighted by molar-refractivity contribution is 6.08. The van der Waals surface area contributed by atoms with Crippen molar-refractivity contribution in [3.8, 4) is 11.5 Å². The summed E-state index contributed by atoms with van der Waals surface area (Å²) >= 11 is 0. The second-order valence-corrected chi connectivity index (χ2v) is 5.80. The maximum atomic E-state index is 12.4. The number of anilines is 1. The zero-order chi connectivity index (χ0) is 17.2. The molecule has 7 heteroatoms. The lowest BCUT2D eigenvalue weighted by Gasteiger charge is -2.10. The van der Waals surface area contributed by atoms with Crippen LogP contribution in [0.15, 0.2) is 57.7 Å². The molecule has 0 unspecified atom stereocenters. The summed E-state index contributed by atoms with van der Waals surface area (Å²) in [5.74, 6) is 0.175. The van der Waals surface area contributed by atoms with Crippen LogP contribution in [0.5, 0.6) is 0 Å². The molecule has 0 aliphatic heterocycles. The maximum Gasteiger partial charge on any atom is 0.277 e. The fraction of sp³-hybridized carbons (Fsp3) is 0.167. The zero-order valence-electron chi connectivity index (χ0n) is 13.2. The first-order valence-electron chi connectivity index (χ1n) is 7.92. The Hall–Kier alpha value is -3.35. The van der Waals surface area contributed by atoms with Crippen molar-refractivity contribution in [2.75, 3.05) is 5.32 Å². The molecule has 1 aliphatic carbocycles. The third kappa shape index (κ3) is 3.30. The summed E-state index contributed by atoms with van der Waals surface area (Å²) < 4.78 is 10.3. The summed E-state index contributed by atoms with van der Waals surface area (Å²) in [5.41, 5.74) is 0.939. The smallest absolute Gasteiger partial charge is 0.277 e. The van der Waals surface area contributed by atoms with Gasteiger partial charge in [-0.1, -0.05) is 17.3 Å². The van der Waals surface area contributed by atoms with Crippen LogP contribution in [-0.2, 0) is 0 Å². The van der Waals surface area contributed by atoms with Gasteiger partial charge in [0.15, 0.2) is 11.5 Å². The molecule has 25 heavy (non-hydrogen) atoms. The van der Waals surface area contributed by atoms with E-state index in [9.17, 15) is 9.59 Å². The van der Waals surface area contributed by atoms with Crippen molar-refractivity contribution in [3.05, 3.63) is 60.0 Å². The van der Waals surface area contributed by atoms with Gasteiger partial charge in [-0.2, -0.15) is 0 Å². The molecule has 0 atom stereocenters. The first kappa shape index (κ1) is 15.2. The monoisotopic (exact) mass is 337 g/mol. The number of aromatic nitrogens is 1. The number of para-hydroxylation sites is 1. The van der Waals surface area contributed by atoms with Crippen LogP contribution in [0, 0.1) is 0 Å². The van der Waals surface area contributed by atoms with Gasteiger partial charge in [-0.25, -0.2) is 0 Å². The molecule has 7 nitrogen and oxygen atoms in total. The number of carbonyl (C=O) groups is 2. The van der Waals surface area contributed by atoms with E-state index in [-0.39, 0.29) is 17.6 Å². The normalized spacial score (nSPS) is 13.4. The van der Waals surface area contributed by atoms with Crippen molar-refractivity contribution in [1.82, 2.24) is 10.5 Å². The van der Waals surface area contributed by atoms with Crippen LogP contribution in [0.1, 0.15) is 33.7 Å². The van der Waals surface area contributed by atoms with Crippen LogP contribution in [0.2, 0.25) is 0 Å². The van der Waals surface area contributed by atoms with Gasteiger partial charge in [-0.3, -0.25) is 9.59 Å². The second-order valence-electron chi connectivity index (χ2n) is 5.80. The quantitative estimate of drug-likeness (QED) is 0.745. The molecule has 4 rings (SSSR count). The fourth-order valence-corrected chi connectivity index (χ4v) is 2.38. The minimum atomic E-state index is -0.465. The molecule has 2 heterocycles. The van der Waals surface area contributed by atoms with Gasteiger partial charge in [-0.15, -0.1) is 0 Å². The second kappa shape index (κ2) is 6.27. The van der Waals surface area contributed by atoms with Crippen LogP contribution < -0.4 is 10.6 Å². The third-order valence-corrected chi connectivity index (χ3v) is 3.84. The van der Waals surface area contributed by atoms with E-state index in [0.717, 1.165) is 12.8 Å². The molecule has 2 N–H and O–H groups in total. The predicted octanol–water partition coefficient (Wildman–Crippen LogP) is 3.08. The molecule has 1 aliphatic rings. The Kier molecular flexibility index (Phi) is 3.81. The minimum absolute atomic E-state index is 0.101. The summed E-state index contributed by atoms with van der Waals surface area (Å²) in [7, 11) is 0. The number of hydrogen-bond donors (Lipinski definition) is 2. The molecule has 0 spiro atoms. The van der Waals surface area contributed by atoms with Gasteiger partial charge in [0.25, 0.3) is 11.8 Å². The Morgan fingerprint density at radius 3 is 2.64 bits per heavy atom. The molecule has 2 amide bonds. The first-order valence-corrected chi connectivity index (χ1v) is 7.92. The molecular weight excluding hydrogens is 322 g/mol. The molecule has 2 aromatic heterocycles. The summed E-state index contributed by atoms with van der Waals surface area (Å²) in [5, 5.41) is 9.37. The lowest BCUT2D eigenvalue weighted by Crippen LogP contribution is -2.27. The largest absolute Gasteiger partial charge is 0.461 e. The maximum absolute atomic E-state index is 12.4. The Balaban J connectivity index is 1.52. The number of hydrogen-bond acceptors (Lipinski definition) is 5. The molecule has 0 radical (unpaired) electrons. The average Bonchev–Trinajstić information content (AvgIpc) is 3.09. The minimum Gasteiger partial charge on any atom is -0.461 e. The summed E-state index contributed by atoms with van der Waals surface area (Å²) in [6, 6.07) is 12.0. The molecule has 0 saturated heterocycles. The van der Waals surface area contributed by atoms with E-state index in [0.29, 0.717) is 22.8 Å². The van der Waals surface area contributed by atoms with Gasteiger partial charge in [0.05, 0.1) is 17.5 Å². The number of nitrogens with zero attached hydrogens (tertiary/aromatic N) is 1. The van der Waals surface area contributed by atoms with Gasteiger partial charge < -0.3 is 19.6 Å². The Morgan fingerprint density at radius 2 is 1.88 bits per heavy atom. The predicted molar refractivity (Wildman–Crippen MR) is 89.1 cm³/mol. The Morgan fingerprint density at radius 1 is 1.04 bits per heavy atom. The number of carbonyl (C=O) groups excluding carboxylic acids is 2. The van der Waals surface area contributed by atoms with Crippen molar-refractivity contribution in [2.45, 2.75) is 18.9 Å². The van der Waals surface area contributed by atoms with E-state index in [2.05, 4.69) is 15.8 Å². The van der Waals surface area contributed by atoms with Crippen LogP contribution in [-0.4, -0.2) is 23.0 Å². The number of nitrogens with one attached hydrogen (secondary N) is 2. The topological polar surface area (TPSA) is 97.4 Å². The van der Waals surface area contributed by atoms with Gasteiger partial charge in [0, 0.05) is 12.1 Å². The third-order valence-electron chi connectivity index (χ3n) is 3.84. The van der Waals surface area contributed by atoms with E-state index in [1.54, 1.807) is 36.4 Å². The van der Waals surface area contributed by atoms with Crippen molar-refractivity contribution in [2.24, 2.45) is 0 Å². The van der Waals surface area contributed by atoms with E-state index in [4.69, 9.17) is 8.94 Å². The highest BCUT2D eigenvalue weighted by Crippen LogP contribution is 2.23. The standard InChI is InChI=1S/C18H15N3O4/c22-17(19-11-7-8-11)12-4-1-2-5-13(12)20-18(23)14-10-16(25-21-14)15-6-3-9-24-15/h1-6,9-11H,7-8H2,(H,19,22)(H,20,23). The van der Waals surface area contributed by atoms with Crippen molar-refractivity contribution in [1.29, 1.82) is 0 Å². The van der Waals surface area contributed by atoms with E-state index in [1.165, 1.54) is 12.3 Å². The van der Waals surface area contributed by atoms with E-state index < -0.39 is 5.91 Å². The summed E-state index contributed by atoms with van der Waals surface area (Å²) in [4.78, 5) is 24.7. The zero-order valence-corrected chi connectivity index (χ0v) is 13.2. The molecular formula is C18H15N3O4. The van der Waals surface area contributed by atoms with Crippen LogP contribution in [0.25, 0.3) is 11.5 Å². The highest BCUT2D eigenvalue weighted by Gasteiger charge is 2.25. The SMILES string of the molecule is O=C(Nc1ccccc1C(=O)NC1CC1)c1cc(-c2ccco2)on1. The van der Waals surface area contributed by atoms with Crippen molar-refractivity contribution in [3.63, 3.8) is 0 Å². The van der Waals surface area contributed by atoms with Crippen LogP contribution in [0.3, 0.4) is 0 Å². The van der Waals surface area contributed by atoms with E-state index in [1.807, 2.05) is 0 Å². The fourth-order valence-electron chi connectivity index (χ4n) is 2.38. The number of amides is 2. The number of rotatable bonds is 5. The highest BCUT2D eigenvalue weighted by atomic mass is 16.5. The van der Waals surface area contributed by atoms with Gasteiger partial charge in [0.1, 0.15) is 0 Å². The van der Waals surface area contributed by atoms with E-state index >= 15 is 0 Å². The van der Waals surface area contributed by atoms with Gasteiger partial charge in [-0.05, 0) is 37.1 Å². The molecule has 1 fully saturated rings. The summed E-state index contributed by atoms with van der Waals surface area (Å²) in [6.45, 7) is 0. The lowest BCUT2D eigenvalue weighted by atomic mass is 10.1. The molecule has 0 bridgehead atoms. The Bertz CT molecular complexity index is 910. The number of furan rings is 1. The Labute approximate surface area is 143 Å². The molecule has 3 aromatic rings. The molecule has 1 saturated carbocycles. The van der Waals surface area contributed by atoms with Crippen LogP contribution in [0.4, 0.5) is 5.69 Å². The van der Waals surface area contributed by atoms with Gasteiger partial charge >= 0.3 is 0 Å². The lowest BCUT2D eigenvalue weighted by molar-refractivity contribution is 0.0952. The van der Waals surface area contributed by atoms with Gasteiger partial charge in [0.2, 0.25) is 5.76 Å². The molecule has 1 aromatic carbocycles. The molecule has 126 valence electrons. The first-order chi connectivity index (χ1) is 12.2. The van der Waals surface area contributed by atoms with Crippen molar-refractivity contribution >= 4 is 17.5 Å². The summed E-state index contributed by atoms with van der Waals surface area (Å²) in [6.07, 6.45) is 3.50. The van der Waals surface area contributed by atoms with Crippen LogP contribution >= 0.6 is 0 Å².